The van der Waals surface area contributed by atoms with Crippen LogP contribution >= 0.6 is 0 Å². The van der Waals surface area contributed by atoms with E-state index in [4.69, 9.17) is 4.74 Å². The SMILES string of the molecule is Cc1cc(C)c2c(c1)C(=O)C(=O)N2CCOC(C)C. The smallest absolute Gasteiger partial charge is 0.299 e. The second-order valence-corrected chi connectivity index (χ2v) is 5.18. The topological polar surface area (TPSA) is 46.6 Å². The Morgan fingerprint density at radius 2 is 1.89 bits per heavy atom. The Kier molecular flexibility index (Phi) is 3.71. The molecule has 1 amide bonds. The Morgan fingerprint density at radius 3 is 2.53 bits per heavy atom. The molecule has 1 aliphatic rings. The number of carbonyl (C=O) groups is 2. The Balaban J connectivity index is 2.28. The largest absolute Gasteiger partial charge is 0.377 e. The van der Waals surface area contributed by atoms with Crippen LogP contribution in [-0.4, -0.2) is 30.9 Å². The number of hydrogen-bond donors (Lipinski definition) is 0. The molecule has 0 saturated heterocycles. The van der Waals surface area contributed by atoms with E-state index in [1.165, 1.54) is 4.90 Å². The van der Waals surface area contributed by atoms with E-state index in [9.17, 15) is 9.59 Å². The van der Waals surface area contributed by atoms with Gasteiger partial charge < -0.3 is 9.64 Å². The van der Waals surface area contributed by atoms with Crippen LogP contribution in [0, 0.1) is 13.8 Å². The van der Waals surface area contributed by atoms with Crippen LogP contribution in [-0.2, 0) is 9.53 Å². The highest BCUT2D eigenvalue weighted by Gasteiger charge is 2.36. The Hall–Kier alpha value is -1.68. The van der Waals surface area contributed by atoms with E-state index in [2.05, 4.69) is 0 Å². The van der Waals surface area contributed by atoms with Gasteiger partial charge >= 0.3 is 0 Å². The van der Waals surface area contributed by atoms with Crippen molar-refractivity contribution >= 4 is 17.4 Å². The number of anilines is 1. The minimum Gasteiger partial charge on any atom is -0.377 e. The quantitative estimate of drug-likeness (QED) is 0.781. The van der Waals surface area contributed by atoms with Gasteiger partial charge in [0.2, 0.25) is 0 Å². The Morgan fingerprint density at radius 1 is 1.21 bits per heavy atom. The summed E-state index contributed by atoms with van der Waals surface area (Å²) in [5.74, 6) is -0.859. The number of ketones is 1. The standard InChI is InChI=1S/C15H19NO3/c1-9(2)19-6-5-16-13-11(4)7-10(3)8-12(13)14(17)15(16)18/h7-9H,5-6H2,1-4H3. The van der Waals surface area contributed by atoms with Gasteiger partial charge in [-0.25, -0.2) is 0 Å². The third kappa shape index (κ3) is 2.54. The van der Waals surface area contributed by atoms with E-state index in [0.717, 1.165) is 16.8 Å². The van der Waals surface area contributed by atoms with Crippen molar-refractivity contribution in [2.24, 2.45) is 0 Å². The number of aryl methyl sites for hydroxylation is 2. The monoisotopic (exact) mass is 261 g/mol. The number of hydrogen-bond acceptors (Lipinski definition) is 3. The molecule has 2 rings (SSSR count). The number of nitrogens with zero attached hydrogens (tertiary/aromatic N) is 1. The van der Waals surface area contributed by atoms with Gasteiger partial charge in [0, 0.05) is 6.54 Å². The van der Waals surface area contributed by atoms with Crippen LogP contribution in [0.25, 0.3) is 0 Å². The fourth-order valence-corrected chi connectivity index (χ4v) is 2.42. The predicted octanol–water partition coefficient (Wildman–Crippen LogP) is 2.26. The third-order valence-corrected chi connectivity index (χ3v) is 3.16. The molecule has 0 N–H and O–H groups in total. The lowest BCUT2D eigenvalue weighted by atomic mass is 10.0. The van der Waals surface area contributed by atoms with Crippen LogP contribution < -0.4 is 4.90 Å². The number of rotatable bonds is 4. The summed E-state index contributed by atoms with van der Waals surface area (Å²) in [5.41, 5.74) is 3.22. The number of benzene rings is 1. The molecule has 0 radical (unpaired) electrons. The molecule has 0 bridgehead atoms. The van der Waals surface area contributed by atoms with Crippen molar-refractivity contribution in [3.63, 3.8) is 0 Å². The Bertz CT molecular complexity index is 534. The molecule has 0 saturated carbocycles. The normalized spacial score (nSPS) is 14.5. The minimum atomic E-state index is -0.448. The highest BCUT2D eigenvalue weighted by atomic mass is 16.5. The van der Waals surface area contributed by atoms with Crippen molar-refractivity contribution in [2.45, 2.75) is 33.8 Å². The van der Waals surface area contributed by atoms with Gasteiger partial charge in [0.15, 0.2) is 0 Å². The van der Waals surface area contributed by atoms with Crippen LogP contribution in [0.4, 0.5) is 5.69 Å². The summed E-state index contributed by atoms with van der Waals surface area (Å²) < 4.78 is 5.46. The van der Waals surface area contributed by atoms with E-state index < -0.39 is 11.7 Å². The molecule has 1 heterocycles. The first-order valence-corrected chi connectivity index (χ1v) is 6.51. The third-order valence-electron chi connectivity index (χ3n) is 3.16. The second kappa shape index (κ2) is 5.13. The summed E-state index contributed by atoms with van der Waals surface area (Å²) in [6.45, 7) is 8.59. The number of amides is 1. The number of carbonyl (C=O) groups excluding carboxylic acids is 2. The van der Waals surface area contributed by atoms with Crippen molar-refractivity contribution < 1.29 is 14.3 Å². The molecule has 1 aromatic carbocycles. The van der Waals surface area contributed by atoms with Crippen LogP contribution in [0.2, 0.25) is 0 Å². The zero-order chi connectivity index (χ0) is 14.2. The minimum absolute atomic E-state index is 0.118. The first-order chi connectivity index (χ1) is 8.91. The molecule has 1 aliphatic heterocycles. The highest BCUT2D eigenvalue weighted by molar-refractivity contribution is 6.52. The summed E-state index contributed by atoms with van der Waals surface area (Å²) >= 11 is 0. The van der Waals surface area contributed by atoms with Gasteiger partial charge in [-0.15, -0.1) is 0 Å². The maximum Gasteiger partial charge on any atom is 0.299 e. The fourth-order valence-electron chi connectivity index (χ4n) is 2.42. The number of Topliss-reactive ketones (excluding diaryl/α,β-unsaturated/α-hetero) is 1. The van der Waals surface area contributed by atoms with Crippen molar-refractivity contribution in [3.8, 4) is 0 Å². The zero-order valence-corrected chi connectivity index (χ0v) is 11.8. The van der Waals surface area contributed by atoms with E-state index in [-0.39, 0.29) is 6.10 Å². The van der Waals surface area contributed by atoms with Gasteiger partial charge in [-0.3, -0.25) is 9.59 Å². The summed E-state index contributed by atoms with van der Waals surface area (Å²) in [4.78, 5) is 25.5. The molecular formula is C15H19NO3. The number of fused-ring (bicyclic) bond motifs is 1. The lowest BCUT2D eigenvalue weighted by molar-refractivity contribution is -0.114. The van der Waals surface area contributed by atoms with Crippen molar-refractivity contribution in [3.05, 3.63) is 28.8 Å². The summed E-state index contributed by atoms with van der Waals surface area (Å²) in [7, 11) is 0. The molecule has 0 spiro atoms. The zero-order valence-electron chi connectivity index (χ0n) is 11.8. The molecule has 19 heavy (non-hydrogen) atoms. The predicted molar refractivity (Wildman–Crippen MR) is 73.7 cm³/mol. The fraction of sp³-hybridized carbons (Fsp3) is 0.467. The van der Waals surface area contributed by atoms with Gasteiger partial charge in [0.1, 0.15) is 0 Å². The molecule has 0 atom stereocenters. The highest BCUT2D eigenvalue weighted by Crippen LogP contribution is 2.33. The van der Waals surface area contributed by atoms with Gasteiger partial charge in [-0.1, -0.05) is 6.07 Å². The molecule has 0 fully saturated rings. The van der Waals surface area contributed by atoms with Crippen LogP contribution in [0.15, 0.2) is 12.1 Å². The first kappa shape index (κ1) is 13.7. The van der Waals surface area contributed by atoms with Gasteiger partial charge in [0.05, 0.1) is 24.0 Å². The molecule has 0 aromatic heterocycles. The van der Waals surface area contributed by atoms with Crippen molar-refractivity contribution in [2.75, 3.05) is 18.1 Å². The summed E-state index contributed by atoms with van der Waals surface area (Å²) in [6, 6.07) is 3.77. The summed E-state index contributed by atoms with van der Waals surface area (Å²) in [6.07, 6.45) is 0.118. The maximum absolute atomic E-state index is 12.0. The molecule has 102 valence electrons. The van der Waals surface area contributed by atoms with Gasteiger partial charge in [-0.05, 0) is 44.9 Å². The van der Waals surface area contributed by atoms with Crippen LogP contribution in [0.5, 0.6) is 0 Å². The van der Waals surface area contributed by atoms with Crippen molar-refractivity contribution in [1.82, 2.24) is 0 Å². The maximum atomic E-state index is 12.0. The lowest BCUT2D eigenvalue weighted by Crippen LogP contribution is -2.33. The summed E-state index contributed by atoms with van der Waals surface area (Å²) in [5, 5.41) is 0. The molecule has 0 aliphatic carbocycles. The first-order valence-electron chi connectivity index (χ1n) is 6.51. The Labute approximate surface area is 113 Å². The van der Waals surface area contributed by atoms with Gasteiger partial charge in [-0.2, -0.15) is 0 Å². The van der Waals surface area contributed by atoms with Crippen molar-refractivity contribution in [1.29, 1.82) is 0 Å². The van der Waals surface area contributed by atoms with E-state index >= 15 is 0 Å². The average molecular weight is 261 g/mol. The molecular weight excluding hydrogens is 242 g/mol. The molecule has 4 nitrogen and oxygen atoms in total. The molecule has 1 aromatic rings. The van der Waals surface area contributed by atoms with E-state index in [0.29, 0.717) is 18.7 Å². The van der Waals surface area contributed by atoms with Crippen LogP contribution in [0.1, 0.15) is 35.3 Å². The molecule has 0 unspecified atom stereocenters. The van der Waals surface area contributed by atoms with Crippen LogP contribution in [0.3, 0.4) is 0 Å². The van der Waals surface area contributed by atoms with E-state index in [1.807, 2.05) is 33.8 Å². The average Bonchev–Trinajstić information content (AvgIpc) is 2.54. The number of ether oxygens (including phenoxy) is 1. The second-order valence-electron chi connectivity index (χ2n) is 5.18. The molecule has 4 heteroatoms. The lowest BCUT2D eigenvalue weighted by Gasteiger charge is -2.19. The van der Waals surface area contributed by atoms with Gasteiger partial charge in [0.25, 0.3) is 11.7 Å². The van der Waals surface area contributed by atoms with E-state index in [1.54, 1.807) is 6.07 Å².